The molecule has 0 radical (unpaired) electrons. The summed E-state index contributed by atoms with van der Waals surface area (Å²) in [6, 6.07) is 15.1. The minimum atomic E-state index is 0.541. The Morgan fingerprint density at radius 1 is 0.909 bits per heavy atom. The van der Waals surface area contributed by atoms with Gasteiger partial charge in [-0.1, -0.05) is 57.2 Å². The molecule has 0 unspecified atom stereocenters. The Labute approximate surface area is 135 Å². The van der Waals surface area contributed by atoms with Gasteiger partial charge >= 0.3 is 0 Å². The van der Waals surface area contributed by atoms with Gasteiger partial charge in [0.15, 0.2) is 0 Å². The summed E-state index contributed by atoms with van der Waals surface area (Å²) in [7, 11) is 0. The van der Waals surface area contributed by atoms with Gasteiger partial charge in [0.05, 0.1) is 0 Å². The maximum Gasteiger partial charge on any atom is 0.0402 e. The molecule has 2 aromatic carbocycles. The normalized spacial score (nSPS) is 10.8. The van der Waals surface area contributed by atoms with E-state index in [9.17, 15) is 0 Å². The first-order valence-electron chi connectivity index (χ1n) is 8.28. The Kier molecular flexibility index (Phi) is 5.88. The lowest BCUT2D eigenvalue weighted by Gasteiger charge is -2.17. The fourth-order valence-corrected chi connectivity index (χ4v) is 2.82. The van der Waals surface area contributed by atoms with Gasteiger partial charge in [0.25, 0.3) is 0 Å². The van der Waals surface area contributed by atoms with Crippen LogP contribution in [0.15, 0.2) is 42.5 Å². The molecule has 2 heteroatoms. The second kappa shape index (κ2) is 7.88. The fraction of sp³-hybridized carbons (Fsp3) is 0.400. The summed E-state index contributed by atoms with van der Waals surface area (Å²) in [5.41, 5.74) is 6.64. The molecule has 0 atom stereocenters. The molecule has 0 fully saturated rings. The molecule has 0 bridgehead atoms. The van der Waals surface area contributed by atoms with Crippen LogP contribution in [0.5, 0.6) is 0 Å². The van der Waals surface area contributed by atoms with E-state index in [1.165, 1.54) is 28.1 Å². The topological polar surface area (TPSA) is 24.1 Å². The Hall–Kier alpha value is -1.96. The van der Waals surface area contributed by atoms with Gasteiger partial charge in [0.1, 0.15) is 0 Å². The lowest BCUT2D eigenvalue weighted by Crippen LogP contribution is -2.16. The molecule has 2 aromatic rings. The Morgan fingerprint density at radius 2 is 1.64 bits per heavy atom. The van der Waals surface area contributed by atoms with Crippen molar-refractivity contribution < 1.29 is 0 Å². The standard InChI is InChI=1S/C20H28N2/c1-5-17-10-8-9-16(4)20(17)22-14-13-21-19-12-7-6-11-18(19)15(2)3/h6-12,15,21-22H,5,13-14H2,1-4H3. The van der Waals surface area contributed by atoms with E-state index in [0.717, 1.165) is 19.5 Å². The summed E-state index contributed by atoms with van der Waals surface area (Å²) in [4.78, 5) is 0. The Balaban J connectivity index is 1.93. The summed E-state index contributed by atoms with van der Waals surface area (Å²) >= 11 is 0. The van der Waals surface area contributed by atoms with Crippen molar-refractivity contribution >= 4 is 11.4 Å². The molecule has 22 heavy (non-hydrogen) atoms. The molecule has 0 amide bonds. The van der Waals surface area contributed by atoms with Crippen molar-refractivity contribution in [3.05, 3.63) is 59.2 Å². The summed E-state index contributed by atoms with van der Waals surface area (Å²) in [6.07, 6.45) is 1.06. The zero-order valence-electron chi connectivity index (χ0n) is 14.2. The van der Waals surface area contributed by atoms with Gasteiger partial charge in [-0.3, -0.25) is 0 Å². The van der Waals surface area contributed by atoms with E-state index in [1.807, 2.05) is 0 Å². The molecule has 0 heterocycles. The first-order valence-corrected chi connectivity index (χ1v) is 8.28. The van der Waals surface area contributed by atoms with Crippen LogP contribution in [-0.2, 0) is 6.42 Å². The number of anilines is 2. The van der Waals surface area contributed by atoms with Gasteiger partial charge in [-0.25, -0.2) is 0 Å². The Morgan fingerprint density at radius 3 is 2.36 bits per heavy atom. The van der Waals surface area contributed by atoms with Crippen molar-refractivity contribution in [3.63, 3.8) is 0 Å². The van der Waals surface area contributed by atoms with Gasteiger partial charge in [-0.15, -0.1) is 0 Å². The second-order valence-corrected chi connectivity index (χ2v) is 6.06. The van der Waals surface area contributed by atoms with E-state index in [-0.39, 0.29) is 0 Å². The second-order valence-electron chi connectivity index (χ2n) is 6.06. The molecule has 2 N–H and O–H groups in total. The predicted molar refractivity (Wildman–Crippen MR) is 98.1 cm³/mol. The summed E-state index contributed by atoms with van der Waals surface area (Å²) < 4.78 is 0. The van der Waals surface area contributed by atoms with Crippen LogP contribution in [0.1, 0.15) is 43.4 Å². The monoisotopic (exact) mass is 296 g/mol. The number of benzene rings is 2. The van der Waals surface area contributed by atoms with E-state index >= 15 is 0 Å². The smallest absolute Gasteiger partial charge is 0.0402 e. The van der Waals surface area contributed by atoms with E-state index in [2.05, 4.69) is 80.8 Å². The molecule has 0 spiro atoms. The van der Waals surface area contributed by atoms with E-state index < -0.39 is 0 Å². The summed E-state index contributed by atoms with van der Waals surface area (Å²) in [5, 5.41) is 7.15. The van der Waals surface area contributed by atoms with Crippen molar-refractivity contribution in [1.29, 1.82) is 0 Å². The molecule has 0 saturated carbocycles. The highest BCUT2D eigenvalue weighted by atomic mass is 15.0. The van der Waals surface area contributed by atoms with Crippen LogP contribution in [0, 0.1) is 6.92 Å². The molecular formula is C20H28N2. The SMILES string of the molecule is CCc1cccc(C)c1NCCNc1ccccc1C(C)C. The van der Waals surface area contributed by atoms with Crippen LogP contribution < -0.4 is 10.6 Å². The van der Waals surface area contributed by atoms with Gasteiger partial charge in [-0.05, 0) is 42.0 Å². The molecule has 0 aliphatic carbocycles. The molecule has 0 aliphatic rings. The van der Waals surface area contributed by atoms with E-state index in [0.29, 0.717) is 5.92 Å². The average molecular weight is 296 g/mol. The fourth-order valence-electron chi connectivity index (χ4n) is 2.82. The predicted octanol–water partition coefficient (Wildman–Crippen LogP) is 5.20. The van der Waals surface area contributed by atoms with E-state index in [4.69, 9.17) is 0 Å². The van der Waals surface area contributed by atoms with Crippen molar-refractivity contribution in [2.75, 3.05) is 23.7 Å². The third kappa shape index (κ3) is 4.03. The van der Waals surface area contributed by atoms with Gasteiger partial charge in [-0.2, -0.15) is 0 Å². The van der Waals surface area contributed by atoms with Gasteiger partial charge in [0.2, 0.25) is 0 Å². The van der Waals surface area contributed by atoms with Crippen molar-refractivity contribution in [2.45, 2.75) is 40.0 Å². The quantitative estimate of drug-likeness (QED) is 0.686. The van der Waals surface area contributed by atoms with Gasteiger partial charge in [0, 0.05) is 24.5 Å². The van der Waals surface area contributed by atoms with Crippen LogP contribution in [-0.4, -0.2) is 13.1 Å². The highest BCUT2D eigenvalue weighted by molar-refractivity contribution is 5.58. The molecule has 118 valence electrons. The molecule has 2 rings (SSSR count). The van der Waals surface area contributed by atoms with Gasteiger partial charge < -0.3 is 10.6 Å². The first-order chi connectivity index (χ1) is 10.6. The molecule has 0 saturated heterocycles. The van der Waals surface area contributed by atoms with Crippen LogP contribution >= 0.6 is 0 Å². The summed E-state index contributed by atoms with van der Waals surface area (Å²) in [6.45, 7) is 10.7. The number of aryl methyl sites for hydroxylation is 2. The summed E-state index contributed by atoms with van der Waals surface area (Å²) in [5.74, 6) is 0.541. The van der Waals surface area contributed by atoms with Crippen LogP contribution in [0.3, 0.4) is 0 Å². The number of para-hydroxylation sites is 2. The van der Waals surface area contributed by atoms with Crippen LogP contribution in [0.25, 0.3) is 0 Å². The maximum absolute atomic E-state index is 3.59. The minimum absolute atomic E-state index is 0.541. The number of hydrogen-bond donors (Lipinski definition) is 2. The number of nitrogens with one attached hydrogen (secondary N) is 2. The lowest BCUT2D eigenvalue weighted by atomic mass is 10.0. The first kappa shape index (κ1) is 16.4. The number of hydrogen-bond acceptors (Lipinski definition) is 2. The van der Waals surface area contributed by atoms with Crippen molar-refractivity contribution in [1.82, 2.24) is 0 Å². The van der Waals surface area contributed by atoms with E-state index in [1.54, 1.807) is 0 Å². The van der Waals surface area contributed by atoms with Crippen LogP contribution in [0.4, 0.5) is 11.4 Å². The zero-order valence-corrected chi connectivity index (χ0v) is 14.2. The molecule has 2 nitrogen and oxygen atoms in total. The maximum atomic E-state index is 3.59. The average Bonchev–Trinajstić information content (AvgIpc) is 2.52. The zero-order chi connectivity index (χ0) is 15.9. The highest BCUT2D eigenvalue weighted by Gasteiger charge is 2.06. The minimum Gasteiger partial charge on any atom is -0.383 e. The third-order valence-electron chi connectivity index (χ3n) is 4.07. The van der Waals surface area contributed by atoms with Crippen LogP contribution in [0.2, 0.25) is 0 Å². The molecule has 0 aromatic heterocycles. The largest absolute Gasteiger partial charge is 0.383 e. The number of rotatable bonds is 7. The molecular weight excluding hydrogens is 268 g/mol. The highest BCUT2D eigenvalue weighted by Crippen LogP contribution is 2.24. The lowest BCUT2D eigenvalue weighted by molar-refractivity contribution is 0.865. The van der Waals surface area contributed by atoms with Crippen molar-refractivity contribution in [3.8, 4) is 0 Å². The Bertz CT molecular complexity index is 602. The molecule has 0 aliphatic heterocycles. The van der Waals surface area contributed by atoms with Crippen molar-refractivity contribution in [2.24, 2.45) is 0 Å². The third-order valence-corrected chi connectivity index (χ3v) is 4.07.